The second kappa shape index (κ2) is 4.52. The fourth-order valence-corrected chi connectivity index (χ4v) is 0.853. The fraction of sp³-hybridized carbons (Fsp3) is 0.500. The Labute approximate surface area is 72.0 Å². The molecule has 0 bridgehead atoms. The molecule has 1 heterocycles. The van der Waals surface area contributed by atoms with Crippen molar-refractivity contribution in [3.05, 3.63) is 11.9 Å². The lowest BCUT2D eigenvalue weighted by atomic mass is 10.4. The molecule has 1 aromatic rings. The summed E-state index contributed by atoms with van der Waals surface area (Å²) in [5, 5.41) is 10.9. The monoisotopic (exact) mass is 164 g/mol. The van der Waals surface area contributed by atoms with Crippen LogP contribution in [-0.4, -0.2) is 21.5 Å². The number of aromatic nitrogens is 3. The van der Waals surface area contributed by atoms with Crippen LogP contribution >= 0.6 is 0 Å². The molecule has 4 heteroatoms. The predicted octanol–water partition coefficient (Wildman–Crippen LogP) is -0.0720. The van der Waals surface area contributed by atoms with E-state index < -0.39 is 0 Å². The van der Waals surface area contributed by atoms with Crippen LogP contribution in [0.3, 0.4) is 0 Å². The Bertz CT molecular complexity index is 271. The third kappa shape index (κ3) is 2.72. The zero-order valence-corrected chi connectivity index (χ0v) is 7.12. The average molecular weight is 164 g/mol. The topological polar surface area (TPSA) is 42.7 Å². The van der Waals surface area contributed by atoms with E-state index in [-0.39, 0.29) is 0 Å². The summed E-state index contributed by atoms with van der Waals surface area (Å²) in [5.74, 6) is 2.56. The normalized spacial score (nSPS) is 9.67. The maximum Gasteiger partial charge on any atom is 0.0964 e. The van der Waals surface area contributed by atoms with Crippen LogP contribution in [0.1, 0.15) is 12.1 Å². The van der Waals surface area contributed by atoms with Gasteiger partial charge in [-0.15, -0.1) is 17.4 Å². The predicted molar refractivity (Wildman–Crippen MR) is 46.2 cm³/mol. The highest BCUT2D eigenvalue weighted by atomic mass is 15.4. The molecular weight excluding hydrogens is 152 g/mol. The molecule has 0 saturated heterocycles. The number of terminal acetylenes is 1. The maximum absolute atomic E-state index is 5.09. The van der Waals surface area contributed by atoms with Gasteiger partial charge >= 0.3 is 0 Å². The van der Waals surface area contributed by atoms with Crippen LogP contribution in [-0.2, 0) is 13.6 Å². The van der Waals surface area contributed by atoms with Gasteiger partial charge in [0.15, 0.2) is 0 Å². The van der Waals surface area contributed by atoms with E-state index in [1.165, 1.54) is 0 Å². The number of hydrogen-bond donors (Lipinski definition) is 1. The molecule has 0 spiro atoms. The Morgan fingerprint density at radius 3 is 3.17 bits per heavy atom. The number of nitrogens with one attached hydrogen (secondary N) is 1. The van der Waals surface area contributed by atoms with Gasteiger partial charge in [0.2, 0.25) is 0 Å². The van der Waals surface area contributed by atoms with Crippen LogP contribution in [0.5, 0.6) is 0 Å². The van der Waals surface area contributed by atoms with Gasteiger partial charge in [0.1, 0.15) is 0 Å². The lowest BCUT2D eigenvalue weighted by Gasteiger charge is -1.96. The van der Waals surface area contributed by atoms with Crippen molar-refractivity contribution in [1.82, 2.24) is 20.3 Å². The summed E-state index contributed by atoms with van der Waals surface area (Å²) in [6, 6.07) is 0. The van der Waals surface area contributed by atoms with Crippen molar-refractivity contribution in [1.29, 1.82) is 0 Å². The van der Waals surface area contributed by atoms with Crippen LogP contribution in [0.15, 0.2) is 6.20 Å². The lowest BCUT2D eigenvalue weighted by Crippen LogP contribution is -2.14. The zero-order chi connectivity index (χ0) is 8.81. The lowest BCUT2D eigenvalue weighted by molar-refractivity contribution is 0.681. The summed E-state index contributed by atoms with van der Waals surface area (Å²) < 4.78 is 1.68. The molecule has 0 radical (unpaired) electrons. The third-order valence-electron chi connectivity index (χ3n) is 1.40. The molecule has 0 fully saturated rings. The molecule has 0 unspecified atom stereocenters. The van der Waals surface area contributed by atoms with E-state index in [1.807, 2.05) is 13.2 Å². The van der Waals surface area contributed by atoms with Gasteiger partial charge in [-0.1, -0.05) is 5.21 Å². The molecule has 0 amide bonds. The second-order valence-electron chi connectivity index (χ2n) is 2.51. The van der Waals surface area contributed by atoms with E-state index in [0.29, 0.717) is 0 Å². The number of hydrogen-bond acceptors (Lipinski definition) is 3. The number of nitrogens with zero attached hydrogens (tertiary/aromatic N) is 3. The SMILES string of the molecule is C#CCCNCc1cn(C)nn1. The molecule has 1 rings (SSSR count). The van der Waals surface area contributed by atoms with E-state index >= 15 is 0 Å². The first kappa shape index (κ1) is 8.75. The van der Waals surface area contributed by atoms with Gasteiger partial charge < -0.3 is 5.32 Å². The van der Waals surface area contributed by atoms with Gasteiger partial charge in [0.05, 0.1) is 5.69 Å². The molecular formula is C8H12N4. The van der Waals surface area contributed by atoms with Gasteiger partial charge in [-0.05, 0) is 0 Å². The van der Waals surface area contributed by atoms with E-state index in [1.54, 1.807) is 4.68 Å². The van der Waals surface area contributed by atoms with Crippen LogP contribution in [0.4, 0.5) is 0 Å². The average Bonchev–Trinajstić information content (AvgIpc) is 2.45. The molecule has 0 aliphatic heterocycles. The van der Waals surface area contributed by atoms with E-state index in [0.717, 1.165) is 25.2 Å². The Morgan fingerprint density at radius 1 is 1.75 bits per heavy atom. The molecule has 0 aliphatic rings. The minimum Gasteiger partial charge on any atom is -0.310 e. The largest absolute Gasteiger partial charge is 0.310 e. The summed E-state index contributed by atoms with van der Waals surface area (Å²) in [6.07, 6.45) is 7.72. The standard InChI is InChI=1S/C8H12N4/c1-3-4-5-9-6-8-7-12(2)11-10-8/h1,7,9H,4-6H2,2H3. The van der Waals surface area contributed by atoms with Crippen molar-refractivity contribution in [2.75, 3.05) is 6.54 Å². The van der Waals surface area contributed by atoms with E-state index in [9.17, 15) is 0 Å². The maximum atomic E-state index is 5.09. The number of aryl methyl sites for hydroxylation is 1. The first-order chi connectivity index (χ1) is 5.83. The first-order valence-corrected chi connectivity index (χ1v) is 3.82. The fourth-order valence-electron chi connectivity index (χ4n) is 0.853. The molecule has 12 heavy (non-hydrogen) atoms. The van der Waals surface area contributed by atoms with Gasteiger partial charge in [0.25, 0.3) is 0 Å². The highest BCUT2D eigenvalue weighted by molar-refractivity contribution is 4.91. The molecule has 1 N–H and O–H groups in total. The highest BCUT2D eigenvalue weighted by Crippen LogP contribution is 1.89. The summed E-state index contributed by atoms with van der Waals surface area (Å²) in [6.45, 7) is 1.56. The molecule has 0 aromatic carbocycles. The molecule has 0 saturated carbocycles. The van der Waals surface area contributed by atoms with Crippen LogP contribution in [0.2, 0.25) is 0 Å². The Kier molecular flexibility index (Phi) is 3.30. The minimum atomic E-state index is 0.732. The summed E-state index contributed by atoms with van der Waals surface area (Å²) in [7, 11) is 1.85. The smallest absolute Gasteiger partial charge is 0.0964 e. The van der Waals surface area contributed by atoms with Crippen molar-refractivity contribution in [2.45, 2.75) is 13.0 Å². The van der Waals surface area contributed by atoms with E-state index in [2.05, 4.69) is 21.5 Å². The Morgan fingerprint density at radius 2 is 2.58 bits per heavy atom. The van der Waals surface area contributed by atoms with Gasteiger partial charge in [-0.2, -0.15) is 0 Å². The molecule has 0 atom stereocenters. The second-order valence-corrected chi connectivity index (χ2v) is 2.51. The van der Waals surface area contributed by atoms with Crippen LogP contribution in [0, 0.1) is 12.3 Å². The zero-order valence-electron chi connectivity index (χ0n) is 7.12. The Hall–Kier alpha value is -1.34. The third-order valence-corrected chi connectivity index (χ3v) is 1.40. The quantitative estimate of drug-likeness (QED) is 0.500. The van der Waals surface area contributed by atoms with E-state index in [4.69, 9.17) is 6.42 Å². The summed E-state index contributed by atoms with van der Waals surface area (Å²) in [5.41, 5.74) is 0.939. The van der Waals surface area contributed by atoms with Crippen molar-refractivity contribution in [3.8, 4) is 12.3 Å². The Balaban J connectivity index is 2.21. The highest BCUT2D eigenvalue weighted by Gasteiger charge is 1.95. The van der Waals surface area contributed by atoms with Crippen molar-refractivity contribution >= 4 is 0 Å². The first-order valence-electron chi connectivity index (χ1n) is 3.82. The summed E-state index contributed by atoms with van der Waals surface area (Å²) in [4.78, 5) is 0. The number of rotatable bonds is 4. The minimum absolute atomic E-state index is 0.732. The van der Waals surface area contributed by atoms with Gasteiger partial charge in [-0.3, -0.25) is 4.68 Å². The molecule has 1 aromatic heterocycles. The van der Waals surface area contributed by atoms with Crippen molar-refractivity contribution in [2.24, 2.45) is 7.05 Å². The summed E-state index contributed by atoms with van der Waals surface area (Å²) >= 11 is 0. The molecule has 4 nitrogen and oxygen atoms in total. The van der Waals surface area contributed by atoms with Crippen molar-refractivity contribution in [3.63, 3.8) is 0 Å². The molecule has 64 valence electrons. The van der Waals surface area contributed by atoms with Crippen LogP contribution in [0.25, 0.3) is 0 Å². The van der Waals surface area contributed by atoms with Crippen LogP contribution < -0.4 is 5.32 Å². The van der Waals surface area contributed by atoms with Crippen molar-refractivity contribution < 1.29 is 0 Å². The van der Waals surface area contributed by atoms with Gasteiger partial charge in [0, 0.05) is 32.8 Å². The van der Waals surface area contributed by atoms with Gasteiger partial charge in [-0.25, -0.2) is 0 Å². The molecule has 0 aliphatic carbocycles.